The molecule has 1 aromatic carbocycles. The normalized spacial score (nSPS) is 13.4. The van der Waals surface area contributed by atoms with Gasteiger partial charge in [0.05, 0.1) is 13.2 Å². The van der Waals surface area contributed by atoms with Gasteiger partial charge < -0.3 is 20.1 Å². The molecule has 1 rings (SSSR count). The molecule has 0 saturated heterocycles. The molecule has 0 radical (unpaired) electrons. The highest BCUT2D eigenvalue weighted by Gasteiger charge is 2.14. The average molecular weight is 311 g/mol. The zero-order valence-corrected chi connectivity index (χ0v) is 13.8. The average Bonchev–Trinajstić information content (AvgIpc) is 2.45. The molecule has 1 aromatic rings. The summed E-state index contributed by atoms with van der Waals surface area (Å²) in [5.74, 6) is 0.725. The van der Waals surface area contributed by atoms with Crippen LogP contribution >= 0.6 is 0 Å². The fourth-order valence-corrected chi connectivity index (χ4v) is 2.17. The number of ether oxygens (including phenoxy) is 1. The highest BCUT2D eigenvalue weighted by molar-refractivity contribution is 5.31. The molecule has 0 heterocycles. The van der Waals surface area contributed by atoms with Crippen LogP contribution in [0.25, 0.3) is 0 Å². The van der Waals surface area contributed by atoms with Crippen LogP contribution in [0.5, 0.6) is 5.75 Å². The number of nitrogens with zero attached hydrogens (tertiary/aromatic N) is 1. The summed E-state index contributed by atoms with van der Waals surface area (Å²) in [6.07, 6.45) is -0.666. The molecule has 126 valence electrons. The van der Waals surface area contributed by atoms with Crippen molar-refractivity contribution in [1.29, 1.82) is 0 Å². The van der Waals surface area contributed by atoms with Gasteiger partial charge in [-0.25, -0.2) is 0 Å². The Morgan fingerprint density at radius 3 is 2.05 bits per heavy atom. The van der Waals surface area contributed by atoms with Crippen LogP contribution in [0.4, 0.5) is 0 Å². The largest absolute Gasteiger partial charge is 0.491 e. The Balaban J connectivity index is 2.44. The quantitative estimate of drug-likeness (QED) is 0.635. The molecule has 1 atom stereocenters. The molecule has 0 amide bonds. The Labute approximate surface area is 133 Å². The molecule has 0 spiro atoms. The monoisotopic (exact) mass is 311 g/mol. The molecule has 0 saturated carbocycles. The van der Waals surface area contributed by atoms with Crippen molar-refractivity contribution in [1.82, 2.24) is 4.90 Å². The molecule has 22 heavy (non-hydrogen) atoms. The Kier molecular flexibility index (Phi) is 7.82. The zero-order valence-electron chi connectivity index (χ0n) is 13.8. The summed E-state index contributed by atoms with van der Waals surface area (Å²) in [5, 5.41) is 27.9. The summed E-state index contributed by atoms with van der Waals surface area (Å²) >= 11 is 0. The van der Waals surface area contributed by atoms with Gasteiger partial charge in [-0.15, -0.1) is 0 Å². The Morgan fingerprint density at radius 1 is 1.05 bits per heavy atom. The minimum Gasteiger partial charge on any atom is -0.491 e. The van der Waals surface area contributed by atoms with E-state index < -0.39 is 6.10 Å². The third kappa shape index (κ3) is 6.75. The Bertz CT molecular complexity index is 408. The maximum Gasteiger partial charge on any atom is 0.119 e. The van der Waals surface area contributed by atoms with Gasteiger partial charge in [0.2, 0.25) is 0 Å². The van der Waals surface area contributed by atoms with E-state index in [1.165, 1.54) is 5.56 Å². The van der Waals surface area contributed by atoms with Crippen molar-refractivity contribution in [3.05, 3.63) is 29.8 Å². The van der Waals surface area contributed by atoms with Crippen LogP contribution in [-0.2, 0) is 5.41 Å². The molecule has 0 aliphatic rings. The highest BCUT2D eigenvalue weighted by Crippen LogP contribution is 2.24. The third-order valence-corrected chi connectivity index (χ3v) is 3.46. The summed E-state index contributed by atoms with van der Waals surface area (Å²) in [7, 11) is 0. The second kappa shape index (κ2) is 9.10. The predicted molar refractivity (Wildman–Crippen MR) is 87.3 cm³/mol. The van der Waals surface area contributed by atoms with Gasteiger partial charge in [0, 0.05) is 19.6 Å². The molecule has 5 nitrogen and oxygen atoms in total. The molecule has 0 unspecified atom stereocenters. The maximum atomic E-state index is 9.99. The zero-order chi connectivity index (χ0) is 16.6. The molecule has 5 heteroatoms. The number of rotatable bonds is 9. The summed E-state index contributed by atoms with van der Waals surface area (Å²) < 4.78 is 5.59. The van der Waals surface area contributed by atoms with E-state index in [0.29, 0.717) is 19.6 Å². The lowest BCUT2D eigenvalue weighted by Gasteiger charge is -2.23. The van der Waals surface area contributed by atoms with Crippen LogP contribution in [0.2, 0.25) is 0 Å². The molecule has 0 aliphatic carbocycles. The van der Waals surface area contributed by atoms with E-state index in [1.54, 1.807) is 4.90 Å². The van der Waals surface area contributed by atoms with Gasteiger partial charge in [0.1, 0.15) is 18.5 Å². The van der Waals surface area contributed by atoms with E-state index >= 15 is 0 Å². The second-order valence-electron chi connectivity index (χ2n) is 6.49. The van der Waals surface area contributed by atoms with Gasteiger partial charge in [-0.3, -0.25) is 4.90 Å². The van der Waals surface area contributed by atoms with Gasteiger partial charge in [-0.1, -0.05) is 32.9 Å². The predicted octanol–water partition coefficient (Wildman–Crippen LogP) is 1.01. The molecule has 0 fully saturated rings. The number of hydrogen-bond acceptors (Lipinski definition) is 5. The van der Waals surface area contributed by atoms with E-state index in [4.69, 9.17) is 14.9 Å². The van der Waals surface area contributed by atoms with Crippen molar-refractivity contribution in [3.63, 3.8) is 0 Å². The minimum absolute atomic E-state index is 0.00183. The first-order valence-corrected chi connectivity index (χ1v) is 7.72. The van der Waals surface area contributed by atoms with E-state index in [0.717, 1.165) is 5.75 Å². The number of aliphatic hydroxyl groups is 3. The summed E-state index contributed by atoms with van der Waals surface area (Å²) in [6.45, 7) is 7.87. The highest BCUT2D eigenvalue weighted by atomic mass is 16.5. The van der Waals surface area contributed by atoms with Gasteiger partial charge >= 0.3 is 0 Å². The van der Waals surface area contributed by atoms with E-state index in [1.807, 2.05) is 24.3 Å². The topological polar surface area (TPSA) is 73.2 Å². The van der Waals surface area contributed by atoms with Crippen molar-refractivity contribution < 1.29 is 20.1 Å². The SMILES string of the molecule is CC(C)(C)c1ccc(OC[C@H](O)CN(CCO)CCO)cc1. The molecular weight excluding hydrogens is 282 g/mol. The lowest BCUT2D eigenvalue weighted by Crippen LogP contribution is -2.38. The van der Waals surface area contributed by atoms with Gasteiger partial charge in [-0.05, 0) is 23.1 Å². The fourth-order valence-electron chi connectivity index (χ4n) is 2.17. The Hall–Kier alpha value is -1.14. The summed E-state index contributed by atoms with van der Waals surface area (Å²) in [5.41, 5.74) is 1.34. The van der Waals surface area contributed by atoms with Crippen LogP contribution in [0.1, 0.15) is 26.3 Å². The molecule has 0 aliphatic heterocycles. The lowest BCUT2D eigenvalue weighted by molar-refractivity contribution is 0.0552. The lowest BCUT2D eigenvalue weighted by atomic mass is 9.87. The van der Waals surface area contributed by atoms with Crippen molar-refractivity contribution >= 4 is 0 Å². The summed E-state index contributed by atoms with van der Waals surface area (Å²) in [4.78, 5) is 1.80. The maximum absolute atomic E-state index is 9.99. The van der Waals surface area contributed by atoms with E-state index in [9.17, 15) is 5.11 Å². The second-order valence-corrected chi connectivity index (χ2v) is 6.49. The molecular formula is C17H29NO4. The third-order valence-electron chi connectivity index (χ3n) is 3.46. The first kappa shape index (κ1) is 18.9. The molecule has 0 aromatic heterocycles. The minimum atomic E-state index is -0.666. The van der Waals surface area contributed by atoms with Crippen molar-refractivity contribution in [2.75, 3.05) is 39.5 Å². The van der Waals surface area contributed by atoms with Crippen LogP contribution < -0.4 is 4.74 Å². The van der Waals surface area contributed by atoms with Gasteiger partial charge in [0.25, 0.3) is 0 Å². The van der Waals surface area contributed by atoms with Gasteiger partial charge in [-0.2, -0.15) is 0 Å². The van der Waals surface area contributed by atoms with Crippen LogP contribution in [0.15, 0.2) is 24.3 Å². The van der Waals surface area contributed by atoms with Crippen molar-refractivity contribution in [3.8, 4) is 5.75 Å². The van der Waals surface area contributed by atoms with Crippen molar-refractivity contribution in [2.45, 2.75) is 32.3 Å². The van der Waals surface area contributed by atoms with E-state index in [-0.39, 0.29) is 25.2 Å². The Morgan fingerprint density at radius 2 is 1.59 bits per heavy atom. The van der Waals surface area contributed by atoms with Crippen LogP contribution in [-0.4, -0.2) is 65.8 Å². The molecule has 3 N–H and O–H groups in total. The van der Waals surface area contributed by atoms with Crippen LogP contribution in [0.3, 0.4) is 0 Å². The number of benzene rings is 1. The summed E-state index contributed by atoms with van der Waals surface area (Å²) in [6, 6.07) is 7.89. The van der Waals surface area contributed by atoms with E-state index in [2.05, 4.69) is 20.8 Å². The number of hydrogen-bond donors (Lipinski definition) is 3. The fraction of sp³-hybridized carbons (Fsp3) is 0.647. The first-order chi connectivity index (χ1) is 10.4. The molecule has 0 bridgehead atoms. The first-order valence-electron chi connectivity index (χ1n) is 7.72. The van der Waals surface area contributed by atoms with Crippen molar-refractivity contribution in [2.24, 2.45) is 0 Å². The number of aliphatic hydroxyl groups excluding tert-OH is 3. The van der Waals surface area contributed by atoms with Crippen LogP contribution in [0, 0.1) is 0 Å². The van der Waals surface area contributed by atoms with Gasteiger partial charge in [0.15, 0.2) is 0 Å². The standard InChI is InChI=1S/C17H29NO4/c1-17(2,3)14-4-6-16(7-5-14)22-13-15(21)12-18(8-10-19)9-11-20/h4-7,15,19-21H,8-13H2,1-3H3/t15-/m1/s1. The smallest absolute Gasteiger partial charge is 0.119 e.